The summed E-state index contributed by atoms with van der Waals surface area (Å²) >= 11 is 0. The molecule has 14 heteroatoms. The summed E-state index contributed by atoms with van der Waals surface area (Å²) in [5, 5.41) is 15.3. The van der Waals surface area contributed by atoms with E-state index in [1.54, 1.807) is 17.0 Å². The molecule has 0 bridgehead atoms. The average Bonchev–Trinajstić information content (AvgIpc) is 3.20. The number of non-ortho nitro benzene ring substituents is 1. The van der Waals surface area contributed by atoms with Crippen molar-refractivity contribution in [2.45, 2.75) is 11.5 Å². The number of para-hydroxylation sites is 2. The van der Waals surface area contributed by atoms with E-state index in [-0.39, 0.29) is 11.6 Å². The second-order valence-corrected chi connectivity index (χ2v) is 13.0. The third-order valence-electron chi connectivity index (χ3n) is 10.1. The zero-order valence-corrected chi connectivity index (χ0v) is 28.1. The summed E-state index contributed by atoms with van der Waals surface area (Å²) < 4.78 is 17.4. The molecule has 4 aromatic carbocycles. The van der Waals surface area contributed by atoms with Crippen LogP contribution in [0.4, 0.5) is 34.9 Å². The standard InChI is InChI=1S/C38H34N8O6/c47-34-38(29-8-1-3-10-31(29)52-32-11-4-2-9-30(32)38)33(25-6-5-7-28(24-25)46(48)49)45(34)27-14-12-26(13-15-27)39-35-40-36(43-16-20-50-21-17-43)42-37(41-35)44-18-22-51-23-19-44/h1-15,24,33H,16-23H2,(H,39,40,41,42). The van der Waals surface area contributed by atoms with Gasteiger partial charge >= 0.3 is 0 Å². The topological polar surface area (TPSA) is 148 Å². The highest BCUT2D eigenvalue weighted by Gasteiger charge is 2.66. The van der Waals surface area contributed by atoms with Gasteiger partial charge in [0.2, 0.25) is 23.8 Å². The molecule has 262 valence electrons. The van der Waals surface area contributed by atoms with Crippen LogP contribution in [0.5, 0.6) is 11.5 Å². The van der Waals surface area contributed by atoms with Crippen LogP contribution in [0.3, 0.4) is 0 Å². The molecule has 0 saturated carbocycles. The SMILES string of the molecule is O=C1N(c2ccc(Nc3nc(N4CCOCC4)nc(N4CCOCC4)n3)cc2)C(c2cccc([N+](=O)[O-])c2)C12c1ccccc1Oc1ccccc12. The first-order valence-electron chi connectivity index (χ1n) is 17.2. The number of ether oxygens (including phenoxy) is 3. The number of anilines is 5. The van der Waals surface area contributed by atoms with Gasteiger partial charge in [0.1, 0.15) is 16.9 Å². The molecule has 4 aliphatic rings. The van der Waals surface area contributed by atoms with E-state index in [0.29, 0.717) is 110 Å². The van der Waals surface area contributed by atoms with Crippen LogP contribution in [-0.4, -0.2) is 78.4 Å². The van der Waals surface area contributed by atoms with Crippen LogP contribution in [0.15, 0.2) is 97.1 Å². The van der Waals surface area contributed by atoms with Gasteiger partial charge in [-0.15, -0.1) is 0 Å². The highest BCUT2D eigenvalue weighted by atomic mass is 16.6. The van der Waals surface area contributed by atoms with Crippen LogP contribution < -0.4 is 24.8 Å². The fourth-order valence-corrected chi connectivity index (χ4v) is 7.63. The molecule has 1 unspecified atom stereocenters. The molecule has 14 nitrogen and oxygen atoms in total. The molecule has 1 amide bonds. The van der Waals surface area contributed by atoms with Crippen LogP contribution in [0.25, 0.3) is 0 Å². The van der Waals surface area contributed by atoms with Gasteiger partial charge < -0.3 is 34.2 Å². The van der Waals surface area contributed by atoms with Crippen molar-refractivity contribution >= 4 is 40.8 Å². The van der Waals surface area contributed by atoms with Crippen molar-refractivity contribution in [1.82, 2.24) is 15.0 Å². The van der Waals surface area contributed by atoms with Crippen molar-refractivity contribution in [3.63, 3.8) is 0 Å². The maximum absolute atomic E-state index is 14.9. The van der Waals surface area contributed by atoms with Crippen LogP contribution >= 0.6 is 0 Å². The summed E-state index contributed by atoms with van der Waals surface area (Å²) in [4.78, 5) is 46.6. The number of aromatic nitrogens is 3. The summed E-state index contributed by atoms with van der Waals surface area (Å²) in [5.74, 6) is 2.55. The lowest BCUT2D eigenvalue weighted by molar-refractivity contribution is -0.384. The number of amides is 1. The van der Waals surface area contributed by atoms with Gasteiger partial charge in [-0.05, 0) is 42.0 Å². The highest BCUT2D eigenvalue weighted by molar-refractivity contribution is 6.14. The van der Waals surface area contributed by atoms with Gasteiger partial charge in [0.15, 0.2) is 0 Å². The van der Waals surface area contributed by atoms with E-state index in [1.807, 2.05) is 78.9 Å². The lowest BCUT2D eigenvalue weighted by Gasteiger charge is -2.58. The maximum Gasteiger partial charge on any atom is 0.269 e. The second-order valence-electron chi connectivity index (χ2n) is 13.0. The van der Waals surface area contributed by atoms with Crippen molar-refractivity contribution in [1.29, 1.82) is 0 Å². The lowest BCUT2D eigenvalue weighted by atomic mass is 9.58. The van der Waals surface area contributed by atoms with Gasteiger partial charge in [0, 0.05) is 60.8 Å². The minimum absolute atomic E-state index is 0.0506. The number of β-lactam (4-membered cyclic amide) rings is 1. The molecule has 5 aromatic rings. The number of nitro benzene ring substituents is 1. The molecular weight excluding hydrogens is 664 g/mol. The van der Waals surface area contributed by atoms with E-state index >= 15 is 0 Å². The summed E-state index contributed by atoms with van der Waals surface area (Å²) in [6, 6.07) is 28.4. The highest BCUT2D eigenvalue weighted by Crippen LogP contribution is 2.63. The van der Waals surface area contributed by atoms with E-state index in [4.69, 9.17) is 29.2 Å². The number of rotatable bonds is 7. The predicted octanol–water partition coefficient (Wildman–Crippen LogP) is 5.38. The molecule has 1 N–H and O–H groups in total. The Bertz CT molecular complexity index is 2090. The molecule has 1 spiro atoms. The molecule has 0 aliphatic carbocycles. The Morgan fingerprint density at radius 1 is 0.731 bits per heavy atom. The number of nitrogens with one attached hydrogen (secondary N) is 1. The van der Waals surface area contributed by atoms with E-state index in [0.717, 1.165) is 0 Å². The molecule has 3 saturated heterocycles. The van der Waals surface area contributed by atoms with Gasteiger partial charge in [0.05, 0.1) is 37.4 Å². The Morgan fingerprint density at radius 2 is 1.31 bits per heavy atom. The van der Waals surface area contributed by atoms with Gasteiger partial charge in [-0.3, -0.25) is 14.9 Å². The number of nitro groups is 1. The fraction of sp³-hybridized carbons (Fsp3) is 0.263. The van der Waals surface area contributed by atoms with Crippen molar-refractivity contribution in [2.24, 2.45) is 0 Å². The first kappa shape index (κ1) is 31.8. The minimum Gasteiger partial charge on any atom is -0.457 e. The largest absolute Gasteiger partial charge is 0.457 e. The molecule has 52 heavy (non-hydrogen) atoms. The van der Waals surface area contributed by atoms with E-state index in [1.165, 1.54) is 6.07 Å². The van der Waals surface area contributed by atoms with Gasteiger partial charge in [-0.25, -0.2) is 0 Å². The summed E-state index contributed by atoms with van der Waals surface area (Å²) in [5.41, 5.74) is 2.20. The number of benzene rings is 4. The third kappa shape index (κ3) is 5.26. The van der Waals surface area contributed by atoms with E-state index in [2.05, 4.69) is 15.1 Å². The van der Waals surface area contributed by atoms with Crippen molar-refractivity contribution in [2.75, 3.05) is 72.6 Å². The second kappa shape index (κ2) is 12.9. The zero-order chi connectivity index (χ0) is 35.2. The minimum atomic E-state index is -1.17. The summed E-state index contributed by atoms with van der Waals surface area (Å²) in [6.07, 6.45) is 0. The number of fused-ring (bicyclic) bond motifs is 4. The Morgan fingerprint density at radius 3 is 1.88 bits per heavy atom. The Labute approximate surface area is 298 Å². The number of morpholine rings is 2. The summed E-state index contributed by atoms with van der Waals surface area (Å²) in [6.45, 7) is 5.11. The number of carbonyl (C=O) groups is 1. The molecule has 5 heterocycles. The van der Waals surface area contributed by atoms with Gasteiger partial charge in [-0.2, -0.15) is 15.0 Å². The summed E-state index contributed by atoms with van der Waals surface area (Å²) in [7, 11) is 0. The van der Waals surface area contributed by atoms with Gasteiger partial charge in [0.25, 0.3) is 5.69 Å². The predicted molar refractivity (Wildman–Crippen MR) is 193 cm³/mol. The number of hydrogen-bond acceptors (Lipinski definition) is 12. The van der Waals surface area contributed by atoms with Crippen LogP contribution in [0.2, 0.25) is 0 Å². The number of carbonyl (C=O) groups excluding carboxylic acids is 1. The molecule has 4 aliphatic heterocycles. The fourth-order valence-electron chi connectivity index (χ4n) is 7.63. The van der Waals surface area contributed by atoms with Crippen molar-refractivity contribution in [3.8, 4) is 11.5 Å². The quantitative estimate of drug-likeness (QED) is 0.132. The first-order chi connectivity index (χ1) is 25.5. The van der Waals surface area contributed by atoms with Crippen LogP contribution in [-0.2, 0) is 19.7 Å². The Kier molecular flexibility index (Phi) is 7.89. The number of nitrogens with zero attached hydrogens (tertiary/aromatic N) is 7. The van der Waals surface area contributed by atoms with Crippen LogP contribution in [0, 0.1) is 10.1 Å². The Hall–Kier alpha value is -6.12. The van der Waals surface area contributed by atoms with Crippen molar-refractivity contribution in [3.05, 3.63) is 124 Å². The smallest absolute Gasteiger partial charge is 0.269 e. The normalized spacial score (nSPS) is 19.0. The first-order valence-corrected chi connectivity index (χ1v) is 17.2. The lowest BCUT2D eigenvalue weighted by Crippen LogP contribution is -2.67. The monoisotopic (exact) mass is 698 g/mol. The molecule has 3 fully saturated rings. The average molecular weight is 699 g/mol. The molecule has 0 radical (unpaired) electrons. The van der Waals surface area contributed by atoms with E-state index < -0.39 is 16.4 Å². The van der Waals surface area contributed by atoms with Gasteiger partial charge in [-0.1, -0.05) is 48.5 Å². The zero-order valence-electron chi connectivity index (χ0n) is 28.1. The molecule has 9 rings (SSSR count). The molecular formula is C38H34N8O6. The number of hydrogen-bond donors (Lipinski definition) is 1. The maximum atomic E-state index is 14.9. The molecule has 1 atom stereocenters. The van der Waals surface area contributed by atoms with Crippen molar-refractivity contribution < 1.29 is 23.9 Å². The third-order valence-corrected chi connectivity index (χ3v) is 10.1. The Balaban J connectivity index is 1.09. The molecule has 1 aromatic heterocycles. The van der Waals surface area contributed by atoms with E-state index in [9.17, 15) is 14.9 Å². The van der Waals surface area contributed by atoms with Crippen LogP contribution in [0.1, 0.15) is 22.7 Å².